The molecule has 2 unspecified atom stereocenters. The van der Waals surface area contributed by atoms with Gasteiger partial charge in [-0.25, -0.2) is 0 Å². The Bertz CT molecular complexity index is 433. The van der Waals surface area contributed by atoms with Gasteiger partial charge in [-0.3, -0.25) is 0 Å². The summed E-state index contributed by atoms with van der Waals surface area (Å²) in [6.07, 6.45) is 6.89. The number of nitrogens with two attached hydrogens (primary N) is 1. The normalized spacial score (nSPS) is 27.3. The van der Waals surface area contributed by atoms with E-state index in [9.17, 15) is 0 Å². The van der Waals surface area contributed by atoms with E-state index < -0.39 is 0 Å². The number of nitrogens with zero attached hydrogens (tertiary/aromatic N) is 1. The van der Waals surface area contributed by atoms with Crippen LogP contribution in [-0.4, -0.2) is 12.6 Å². The van der Waals surface area contributed by atoms with Crippen molar-refractivity contribution in [2.45, 2.75) is 44.7 Å². The predicted octanol–water partition coefficient (Wildman–Crippen LogP) is 3.57. The Balaban J connectivity index is 1.90. The standard InChI is InChI=1S/C15H21ClN2/c16-13-5-6-15(12(9-13)10-17)18-8-7-11-3-1-2-4-14(11)18/h5-6,9,11,14H,1-4,7-8,10,17H2. The molecule has 1 saturated carbocycles. The molecular formula is C15H21ClN2. The van der Waals surface area contributed by atoms with Crippen LogP contribution in [0.2, 0.25) is 5.02 Å². The topological polar surface area (TPSA) is 29.3 Å². The molecule has 2 atom stereocenters. The van der Waals surface area contributed by atoms with Gasteiger partial charge in [0, 0.05) is 29.8 Å². The molecule has 1 aliphatic heterocycles. The lowest BCUT2D eigenvalue weighted by Gasteiger charge is -2.34. The first-order chi connectivity index (χ1) is 8.79. The fraction of sp³-hybridized carbons (Fsp3) is 0.600. The van der Waals surface area contributed by atoms with Crippen molar-refractivity contribution in [2.75, 3.05) is 11.4 Å². The van der Waals surface area contributed by atoms with Crippen LogP contribution in [0.4, 0.5) is 5.69 Å². The molecule has 1 saturated heterocycles. The minimum atomic E-state index is 0.573. The molecule has 18 heavy (non-hydrogen) atoms. The zero-order chi connectivity index (χ0) is 12.5. The summed E-state index contributed by atoms with van der Waals surface area (Å²) in [6, 6.07) is 6.91. The third kappa shape index (κ3) is 2.12. The minimum absolute atomic E-state index is 0.573. The molecule has 0 spiro atoms. The lowest BCUT2D eigenvalue weighted by atomic mass is 9.85. The Morgan fingerprint density at radius 2 is 2.06 bits per heavy atom. The highest BCUT2D eigenvalue weighted by Crippen LogP contribution is 2.40. The first kappa shape index (κ1) is 12.3. The van der Waals surface area contributed by atoms with Gasteiger partial charge in [-0.1, -0.05) is 24.4 Å². The summed E-state index contributed by atoms with van der Waals surface area (Å²) >= 11 is 6.07. The molecule has 0 bridgehead atoms. The van der Waals surface area contributed by atoms with E-state index in [1.807, 2.05) is 12.1 Å². The zero-order valence-electron chi connectivity index (χ0n) is 10.7. The van der Waals surface area contributed by atoms with Crippen molar-refractivity contribution < 1.29 is 0 Å². The number of rotatable bonds is 2. The van der Waals surface area contributed by atoms with Gasteiger partial charge in [0.05, 0.1) is 0 Å². The second-order valence-electron chi connectivity index (χ2n) is 5.57. The molecule has 0 radical (unpaired) electrons. The van der Waals surface area contributed by atoms with Crippen LogP contribution in [0.15, 0.2) is 18.2 Å². The van der Waals surface area contributed by atoms with E-state index in [2.05, 4.69) is 11.0 Å². The van der Waals surface area contributed by atoms with Gasteiger partial charge in [0.2, 0.25) is 0 Å². The van der Waals surface area contributed by atoms with Gasteiger partial charge in [-0.2, -0.15) is 0 Å². The lowest BCUT2D eigenvalue weighted by Crippen LogP contribution is -2.35. The second-order valence-corrected chi connectivity index (χ2v) is 6.01. The molecule has 0 amide bonds. The Labute approximate surface area is 114 Å². The van der Waals surface area contributed by atoms with Crippen LogP contribution in [-0.2, 0) is 6.54 Å². The fourth-order valence-electron chi connectivity index (χ4n) is 3.70. The summed E-state index contributed by atoms with van der Waals surface area (Å²) in [7, 11) is 0. The Morgan fingerprint density at radius 1 is 1.22 bits per heavy atom. The van der Waals surface area contributed by atoms with Gasteiger partial charge >= 0.3 is 0 Å². The number of halogens is 1. The van der Waals surface area contributed by atoms with Crippen LogP contribution in [0.25, 0.3) is 0 Å². The van der Waals surface area contributed by atoms with Crippen molar-refractivity contribution >= 4 is 17.3 Å². The van der Waals surface area contributed by atoms with Gasteiger partial charge < -0.3 is 10.6 Å². The Hall–Kier alpha value is -0.730. The summed E-state index contributed by atoms with van der Waals surface area (Å²) in [5.74, 6) is 0.903. The number of fused-ring (bicyclic) bond motifs is 1. The summed E-state index contributed by atoms with van der Waals surface area (Å²) in [4.78, 5) is 2.59. The van der Waals surface area contributed by atoms with E-state index in [0.29, 0.717) is 6.54 Å². The van der Waals surface area contributed by atoms with Crippen LogP contribution in [0.3, 0.4) is 0 Å². The van der Waals surface area contributed by atoms with Crippen LogP contribution < -0.4 is 10.6 Å². The van der Waals surface area contributed by atoms with Crippen LogP contribution >= 0.6 is 11.6 Å². The largest absolute Gasteiger partial charge is 0.368 e. The maximum atomic E-state index is 6.07. The molecule has 2 nitrogen and oxygen atoms in total. The number of hydrogen-bond donors (Lipinski definition) is 1. The first-order valence-electron chi connectivity index (χ1n) is 7.04. The minimum Gasteiger partial charge on any atom is -0.368 e. The maximum absolute atomic E-state index is 6.07. The lowest BCUT2D eigenvalue weighted by molar-refractivity contribution is 0.342. The monoisotopic (exact) mass is 264 g/mol. The highest BCUT2D eigenvalue weighted by molar-refractivity contribution is 6.30. The van der Waals surface area contributed by atoms with Crippen LogP contribution in [0.1, 0.15) is 37.7 Å². The average Bonchev–Trinajstić information content (AvgIpc) is 2.82. The molecule has 2 fully saturated rings. The summed E-state index contributed by atoms with van der Waals surface area (Å²) in [5.41, 5.74) is 8.37. The molecular weight excluding hydrogens is 244 g/mol. The van der Waals surface area contributed by atoms with Crippen molar-refractivity contribution in [1.29, 1.82) is 0 Å². The highest BCUT2D eigenvalue weighted by Gasteiger charge is 2.36. The average molecular weight is 265 g/mol. The molecule has 98 valence electrons. The quantitative estimate of drug-likeness (QED) is 0.885. The molecule has 0 aromatic heterocycles. The molecule has 2 aliphatic rings. The number of hydrogen-bond acceptors (Lipinski definition) is 2. The van der Waals surface area contributed by atoms with Gasteiger partial charge in [0.15, 0.2) is 0 Å². The van der Waals surface area contributed by atoms with E-state index in [-0.39, 0.29) is 0 Å². The third-order valence-electron chi connectivity index (χ3n) is 4.58. The van der Waals surface area contributed by atoms with E-state index in [1.54, 1.807) is 0 Å². The highest BCUT2D eigenvalue weighted by atomic mass is 35.5. The summed E-state index contributed by atoms with van der Waals surface area (Å²) < 4.78 is 0. The van der Waals surface area contributed by atoms with Crippen molar-refractivity contribution in [3.05, 3.63) is 28.8 Å². The van der Waals surface area contributed by atoms with Gasteiger partial charge in [0.1, 0.15) is 0 Å². The predicted molar refractivity (Wildman–Crippen MR) is 77.1 cm³/mol. The maximum Gasteiger partial charge on any atom is 0.0415 e. The van der Waals surface area contributed by atoms with Crippen molar-refractivity contribution in [3.63, 3.8) is 0 Å². The molecule has 1 aliphatic carbocycles. The van der Waals surface area contributed by atoms with Crippen molar-refractivity contribution in [3.8, 4) is 0 Å². The Morgan fingerprint density at radius 3 is 2.89 bits per heavy atom. The number of benzene rings is 1. The molecule has 1 aromatic carbocycles. The van der Waals surface area contributed by atoms with E-state index in [0.717, 1.165) is 17.0 Å². The van der Waals surface area contributed by atoms with Crippen LogP contribution in [0, 0.1) is 5.92 Å². The second kappa shape index (κ2) is 5.10. The van der Waals surface area contributed by atoms with E-state index in [1.165, 1.54) is 49.9 Å². The molecule has 1 aromatic rings. The number of anilines is 1. The van der Waals surface area contributed by atoms with Gasteiger partial charge in [0.25, 0.3) is 0 Å². The smallest absolute Gasteiger partial charge is 0.0415 e. The Kier molecular flexibility index (Phi) is 3.49. The van der Waals surface area contributed by atoms with E-state index >= 15 is 0 Å². The van der Waals surface area contributed by atoms with Crippen molar-refractivity contribution in [2.24, 2.45) is 11.7 Å². The first-order valence-corrected chi connectivity index (χ1v) is 7.42. The summed E-state index contributed by atoms with van der Waals surface area (Å²) in [6.45, 7) is 1.76. The SMILES string of the molecule is NCc1cc(Cl)ccc1N1CCC2CCCCC21. The molecule has 3 heteroatoms. The zero-order valence-corrected chi connectivity index (χ0v) is 11.5. The molecule has 2 N–H and O–H groups in total. The third-order valence-corrected chi connectivity index (χ3v) is 4.82. The summed E-state index contributed by atoms with van der Waals surface area (Å²) in [5, 5.41) is 0.790. The van der Waals surface area contributed by atoms with Crippen LogP contribution in [0.5, 0.6) is 0 Å². The molecule has 1 heterocycles. The van der Waals surface area contributed by atoms with Crippen molar-refractivity contribution in [1.82, 2.24) is 0 Å². The van der Waals surface area contributed by atoms with Gasteiger partial charge in [-0.15, -0.1) is 0 Å². The fourth-order valence-corrected chi connectivity index (χ4v) is 3.90. The van der Waals surface area contributed by atoms with E-state index in [4.69, 9.17) is 17.3 Å². The molecule has 3 rings (SSSR count). The van der Waals surface area contributed by atoms with Gasteiger partial charge in [-0.05, 0) is 48.9 Å².